The number of carboxylic acid groups (broad SMARTS) is 1. The Morgan fingerprint density at radius 3 is 2.53 bits per heavy atom. The van der Waals surface area contributed by atoms with Crippen molar-refractivity contribution in [3.8, 4) is 17.0 Å². The number of hydrogen-bond acceptors (Lipinski definition) is 2. The first-order valence-electron chi connectivity index (χ1n) is 6.17. The number of aromatic amines is 1. The Labute approximate surface area is 112 Å². The average Bonchev–Trinajstić information content (AvgIpc) is 2.80. The first-order chi connectivity index (χ1) is 8.97. The monoisotopic (exact) mass is 259 g/mol. The Morgan fingerprint density at radius 1 is 1.26 bits per heavy atom. The lowest BCUT2D eigenvalue weighted by Gasteiger charge is -2.13. The maximum Gasteiger partial charge on any atom is 0.352 e. The zero-order valence-electron chi connectivity index (χ0n) is 11.2. The van der Waals surface area contributed by atoms with E-state index < -0.39 is 5.97 Å². The fourth-order valence-electron chi connectivity index (χ4n) is 1.89. The fourth-order valence-corrected chi connectivity index (χ4v) is 1.89. The zero-order chi connectivity index (χ0) is 14.0. The van der Waals surface area contributed by atoms with Gasteiger partial charge in [0.05, 0.1) is 6.10 Å². The van der Waals surface area contributed by atoms with Gasteiger partial charge >= 0.3 is 5.97 Å². The highest BCUT2D eigenvalue weighted by atomic mass is 16.5. The second-order valence-corrected chi connectivity index (χ2v) is 4.74. The van der Waals surface area contributed by atoms with Gasteiger partial charge in [-0.05, 0) is 62.2 Å². The van der Waals surface area contributed by atoms with Crippen molar-refractivity contribution >= 4 is 5.97 Å². The van der Waals surface area contributed by atoms with Gasteiger partial charge in [-0.3, -0.25) is 0 Å². The van der Waals surface area contributed by atoms with E-state index in [-0.39, 0.29) is 11.8 Å². The highest BCUT2D eigenvalue weighted by molar-refractivity contribution is 5.86. The van der Waals surface area contributed by atoms with Crippen molar-refractivity contribution in [2.24, 2.45) is 0 Å². The van der Waals surface area contributed by atoms with E-state index in [2.05, 4.69) is 4.98 Å². The van der Waals surface area contributed by atoms with Crippen molar-refractivity contribution in [2.45, 2.75) is 26.9 Å². The summed E-state index contributed by atoms with van der Waals surface area (Å²) in [6.45, 7) is 5.94. The van der Waals surface area contributed by atoms with Crippen LogP contribution in [0.5, 0.6) is 5.75 Å². The van der Waals surface area contributed by atoms with Crippen LogP contribution in [0.25, 0.3) is 11.3 Å². The Morgan fingerprint density at radius 2 is 2.00 bits per heavy atom. The molecule has 0 bridgehead atoms. The standard InChI is InChI=1S/C15H17NO3/c1-9(2)19-14-7-4-11(8-10(14)3)12-5-6-13(16-12)15(17)18/h4-9,16H,1-3H3,(H,17,18). The van der Waals surface area contributed by atoms with Crippen molar-refractivity contribution in [3.05, 3.63) is 41.6 Å². The maximum absolute atomic E-state index is 10.8. The van der Waals surface area contributed by atoms with Crippen LogP contribution in [-0.4, -0.2) is 22.2 Å². The fraction of sp³-hybridized carbons (Fsp3) is 0.267. The summed E-state index contributed by atoms with van der Waals surface area (Å²) >= 11 is 0. The lowest BCUT2D eigenvalue weighted by Crippen LogP contribution is -2.06. The summed E-state index contributed by atoms with van der Waals surface area (Å²) in [4.78, 5) is 13.7. The lowest BCUT2D eigenvalue weighted by atomic mass is 10.1. The average molecular weight is 259 g/mol. The van der Waals surface area contributed by atoms with Crippen molar-refractivity contribution in [1.82, 2.24) is 4.98 Å². The molecule has 0 aliphatic rings. The number of aromatic nitrogens is 1. The first kappa shape index (κ1) is 13.2. The summed E-state index contributed by atoms with van der Waals surface area (Å²) in [7, 11) is 0. The molecular formula is C15H17NO3. The van der Waals surface area contributed by atoms with Gasteiger partial charge in [0.15, 0.2) is 0 Å². The number of hydrogen-bond donors (Lipinski definition) is 2. The number of aromatic carboxylic acids is 1. The zero-order valence-corrected chi connectivity index (χ0v) is 11.2. The van der Waals surface area contributed by atoms with Gasteiger partial charge in [0.25, 0.3) is 0 Å². The lowest BCUT2D eigenvalue weighted by molar-refractivity contribution is 0.0691. The number of nitrogens with one attached hydrogen (secondary N) is 1. The summed E-state index contributed by atoms with van der Waals surface area (Å²) in [6.07, 6.45) is 0.133. The molecule has 2 N–H and O–H groups in total. The van der Waals surface area contributed by atoms with Gasteiger partial charge in [-0.2, -0.15) is 0 Å². The first-order valence-corrected chi connectivity index (χ1v) is 6.17. The second kappa shape index (κ2) is 5.18. The molecule has 0 spiro atoms. The van der Waals surface area contributed by atoms with Crippen molar-refractivity contribution in [1.29, 1.82) is 0 Å². The van der Waals surface area contributed by atoms with E-state index >= 15 is 0 Å². The quantitative estimate of drug-likeness (QED) is 0.883. The molecule has 2 rings (SSSR count). The minimum Gasteiger partial charge on any atom is -0.491 e. The predicted octanol–water partition coefficient (Wildman–Crippen LogP) is 3.48. The summed E-state index contributed by atoms with van der Waals surface area (Å²) < 4.78 is 5.67. The maximum atomic E-state index is 10.8. The van der Waals surface area contributed by atoms with Crippen LogP contribution in [0, 0.1) is 6.92 Å². The molecule has 0 saturated heterocycles. The van der Waals surface area contributed by atoms with Crippen LogP contribution in [0.15, 0.2) is 30.3 Å². The number of aryl methyl sites for hydroxylation is 1. The number of carbonyl (C=O) groups is 1. The van der Waals surface area contributed by atoms with Crippen LogP contribution in [0.4, 0.5) is 0 Å². The van der Waals surface area contributed by atoms with Crippen LogP contribution < -0.4 is 4.74 Å². The molecule has 0 fully saturated rings. The largest absolute Gasteiger partial charge is 0.491 e. The van der Waals surface area contributed by atoms with Gasteiger partial charge < -0.3 is 14.8 Å². The molecule has 0 radical (unpaired) electrons. The smallest absolute Gasteiger partial charge is 0.352 e. The third kappa shape index (κ3) is 2.96. The normalized spacial score (nSPS) is 10.7. The second-order valence-electron chi connectivity index (χ2n) is 4.74. The molecule has 0 unspecified atom stereocenters. The van der Waals surface area contributed by atoms with E-state index in [1.807, 2.05) is 39.0 Å². The van der Waals surface area contributed by atoms with E-state index in [0.717, 1.165) is 22.6 Å². The molecule has 0 aliphatic heterocycles. The molecule has 4 nitrogen and oxygen atoms in total. The van der Waals surface area contributed by atoms with Crippen molar-refractivity contribution < 1.29 is 14.6 Å². The van der Waals surface area contributed by atoms with Crippen LogP contribution >= 0.6 is 0 Å². The summed E-state index contributed by atoms with van der Waals surface area (Å²) in [5, 5.41) is 8.89. The van der Waals surface area contributed by atoms with E-state index in [9.17, 15) is 4.79 Å². The molecule has 2 aromatic rings. The highest BCUT2D eigenvalue weighted by Gasteiger charge is 2.09. The summed E-state index contributed by atoms with van der Waals surface area (Å²) in [5.41, 5.74) is 2.95. The molecule has 1 heterocycles. The van der Waals surface area contributed by atoms with E-state index in [0.29, 0.717) is 0 Å². The van der Waals surface area contributed by atoms with Gasteiger partial charge in [0.1, 0.15) is 11.4 Å². The van der Waals surface area contributed by atoms with Crippen LogP contribution in [0.1, 0.15) is 29.9 Å². The Kier molecular flexibility index (Phi) is 3.60. The van der Waals surface area contributed by atoms with Crippen molar-refractivity contribution in [3.63, 3.8) is 0 Å². The Hall–Kier alpha value is -2.23. The molecule has 1 aromatic heterocycles. The topological polar surface area (TPSA) is 62.3 Å². The van der Waals surface area contributed by atoms with E-state index in [4.69, 9.17) is 9.84 Å². The van der Waals surface area contributed by atoms with Crippen molar-refractivity contribution in [2.75, 3.05) is 0 Å². The molecular weight excluding hydrogens is 242 g/mol. The van der Waals surface area contributed by atoms with Gasteiger partial charge in [-0.15, -0.1) is 0 Å². The molecule has 0 saturated carbocycles. The van der Waals surface area contributed by atoms with Gasteiger partial charge in [0, 0.05) is 5.69 Å². The summed E-state index contributed by atoms with van der Waals surface area (Å²) in [5.74, 6) is -0.105. The Balaban J connectivity index is 2.30. The number of ether oxygens (including phenoxy) is 1. The van der Waals surface area contributed by atoms with Crippen LogP contribution in [0.2, 0.25) is 0 Å². The predicted molar refractivity (Wildman–Crippen MR) is 73.7 cm³/mol. The minimum atomic E-state index is -0.956. The van der Waals surface area contributed by atoms with Gasteiger partial charge in [-0.1, -0.05) is 0 Å². The number of benzene rings is 1. The molecule has 1 aromatic carbocycles. The molecule has 19 heavy (non-hydrogen) atoms. The van der Waals surface area contributed by atoms with Crippen LogP contribution in [-0.2, 0) is 0 Å². The third-order valence-electron chi connectivity index (χ3n) is 2.77. The SMILES string of the molecule is Cc1cc(-c2ccc(C(=O)O)[nH]2)ccc1OC(C)C. The molecule has 100 valence electrons. The molecule has 0 aliphatic carbocycles. The molecule has 4 heteroatoms. The number of H-pyrrole nitrogens is 1. The minimum absolute atomic E-state index is 0.133. The molecule has 0 amide bonds. The third-order valence-corrected chi connectivity index (χ3v) is 2.77. The van der Waals surface area contributed by atoms with E-state index in [1.165, 1.54) is 0 Å². The molecule has 0 atom stereocenters. The Bertz CT molecular complexity index is 599. The van der Waals surface area contributed by atoms with Crippen LogP contribution in [0.3, 0.4) is 0 Å². The van der Waals surface area contributed by atoms with Gasteiger partial charge in [0.2, 0.25) is 0 Å². The summed E-state index contributed by atoms with van der Waals surface area (Å²) in [6, 6.07) is 9.13. The van der Waals surface area contributed by atoms with Gasteiger partial charge in [-0.25, -0.2) is 4.79 Å². The highest BCUT2D eigenvalue weighted by Crippen LogP contribution is 2.26. The number of rotatable bonds is 4. The van der Waals surface area contributed by atoms with E-state index in [1.54, 1.807) is 12.1 Å². The number of carboxylic acids is 1.